The van der Waals surface area contributed by atoms with Gasteiger partial charge in [0, 0.05) is 25.3 Å². The van der Waals surface area contributed by atoms with Crippen LogP contribution in [0.2, 0.25) is 0 Å². The minimum absolute atomic E-state index is 0.0856. The molecule has 0 fully saturated rings. The second kappa shape index (κ2) is 8.91. The highest BCUT2D eigenvalue weighted by Gasteiger charge is 2.25. The maximum absolute atomic E-state index is 13.7. The highest BCUT2D eigenvalue weighted by Crippen LogP contribution is 2.33. The molecule has 1 aliphatic heterocycles. The van der Waals surface area contributed by atoms with Crippen molar-refractivity contribution in [3.05, 3.63) is 104 Å². The zero-order valence-electron chi connectivity index (χ0n) is 19.5. The predicted octanol–water partition coefficient (Wildman–Crippen LogP) is 5.42. The van der Waals surface area contributed by atoms with Gasteiger partial charge in [0.1, 0.15) is 11.4 Å². The molecule has 35 heavy (non-hydrogen) atoms. The molecule has 0 saturated carbocycles. The normalized spacial score (nSPS) is 12.7. The number of carboxylic acids is 1. The van der Waals surface area contributed by atoms with Gasteiger partial charge in [-0.3, -0.25) is 4.79 Å². The lowest BCUT2D eigenvalue weighted by Crippen LogP contribution is -2.20. The van der Waals surface area contributed by atoms with Crippen LogP contribution in [0.5, 0.6) is 0 Å². The maximum Gasteiger partial charge on any atom is 0.337 e. The fourth-order valence-electron chi connectivity index (χ4n) is 4.76. The maximum atomic E-state index is 13.7. The molecule has 0 atom stereocenters. The number of nitrogens with one attached hydrogen (secondary N) is 1. The van der Waals surface area contributed by atoms with Crippen LogP contribution in [0.25, 0.3) is 11.0 Å². The topological polar surface area (TPSA) is 82.8 Å². The molecule has 0 amide bonds. The zero-order chi connectivity index (χ0) is 24.7. The molecular formula is C28H25FN2O4. The summed E-state index contributed by atoms with van der Waals surface area (Å²) >= 11 is 0. The Kier molecular flexibility index (Phi) is 5.76. The van der Waals surface area contributed by atoms with E-state index in [0.29, 0.717) is 54.2 Å². The number of nitrogens with zero attached hydrogens (tertiary/aromatic N) is 1. The van der Waals surface area contributed by atoms with Gasteiger partial charge in [-0.1, -0.05) is 24.3 Å². The molecule has 178 valence electrons. The average molecular weight is 473 g/mol. The van der Waals surface area contributed by atoms with Gasteiger partial charge in [0.25, 0.3) is 0 Å². The number of para-hydroxylation sites is 1. The third-order valence-electron chi connectivity index (χ3n) is 6.46. The van der Waals surface area contributed by atoms with E-state index in [-0.39, 0.29) is 16.8 Å². The number of anilines is 2. The first kappa shape index (κ1) is 22.7. The molecule has 0 unspecified atom stereocenters. The first-order valence-electron chi connectivity index (χ1n) is 11.5. The number of hydrogen-bond acceptors (Lipinski definition) is 5. The van der Waals surface area contributed by atoms with Crippen LogP contribution in [-0.2, 0) is 19.5 Å². The molecule has 2 N–H and O–H groups in total. The summed E-state index contributed by atoms with van der Waals surface area (Å²) in [5.41, 5.74) is 5.41. The van der Waals surface area contributed by atoms with Crippen molar-refractivity contribution in [3.8, 4) is 0 Å². The number of hydrogen-bond donors (Lipinski definition) is 2. The number of carboxylic acid groups (broad SMARTS) is 1. The highest BCUT2D eigenvalue weighted by molar-refractivity contribution is 5.94. The molecule has 1 aromatic heterocycles. The van der Waals surface area contributed by atoms with Gasteiger partial charge in [-0.05, 0) is 72.9 Å². The summed E-state index contributed by atoms with van der Waals surface area (Å²) in [4.78, 5) is 26.8. The Balaban J connectivity index is 1.48. The SMILES string of the molecule is Cc1cc(CCNc2ccccc2C(=O)O)c2oc(N3Cc4ccc(F)cc4C3)c(C)c(=O)c2c1. The second-order valence-electron chi connectivity index (χ2n) is 8.96. The van der Waals surface area contributed by atoms with Gasteiger partial charge in [-0.2, -0.15) is 0 Å². The van der Waals surface area contributed by atoms with Crippen molar-refractivity contribution in [1.29, 1.82) is 0 Å². The van der Waals surface area contributed by atoms with Crippen LogP contribution >= 0.6 is 0 Å². The molecule has 0 spiro atoms. The molecule has 2 heterocycles. The van der Waals surface area contributed by atoms with Crippen molar-refractivity contribution >= 4 is 28.5 Å². The lowest BCUT2D eigenvalue weighted by Gasteiger charge is -2.20. The van der Waals surface area contributed by atoms with Gasteiger partial charge in [0.05, 0.1) is 16.5 Å². The summed E-state index contributed by atoms with van der Waals surface area (Å²) < 4.78 is 20.1. The van der Waals surface area contributed by atoms with Crippen LogP contribution < -0.4 is 15.6 Å². The number of aryl methyl sites for hydroxylation is 1. The van der Waals surface area contributed by atoms with Gasteiger partial charge in [0.2, 0.25) is 5.88 Å². The van der Waals surface area contributed by atoms with E-state index < -0.39 is 5.97 Å². The third kappa shape index (κ3) is 4.25. The molecule has 7 heteroatoms. The van der Waals surface area contributed by atoms with Gasteiger partial charge < -0.3 is 19.7 Å². The van der Waals surface area contributed by atoms with Crippen LogP contribution in [0, 0.1) is 19.7 Å². The second-order valence-corrected chi connectivity index (χ2v) is 8.96. The summed E-state index contributed by atoms with van der Waals surface area (Å²) in [7, 11) is 0. The van der Waals surface area contributed by atoms with Crippen molar-refractivity contribution in [3.63, 3.8) is 0 Å². The molecule has 0 saturated heterocycles. The Morgan fingerprint density at radius 3 is 2.66 bits per heavy atom. The smallest absolute Gasteiger partial charge is 0.337 e. The summed E-state index contributed by atoms with van der Waals surface area (Å²) in [6.07, 6.45) is 0.531. The van der Waals surface area contributed by atoms with Gasteiger partial charge >= 0.3 is 5.97 Å². The van der Waals surface area contributed by atoms with E-state index >= 15 is 0 Å². The highest BCUT2D eigenvalue weighted by atomic mass is 19.1. The number of halogens is 1. The molecule has 6 nitrogen and oxygen atoms in total. The van der Waals surface area contributed by atoms with E-state index in [4.69, 9.17) is 4.42 Å². The summed E-state index contributed by atoms with van der Waals surface area (Å²) in [6, 6.07) is 15.3. The molecule has 4 aromatic rings. The van der Waals surface area contributed by atoms with Crippen molar-refractivity contribution in [1.82, 2.24) is 0 Å². The Labute approximate surface area is 201 Å². The van der Waals surface area contributed by atoms with Crippen LogP contribution in [0.15, 0.2) is 63.8 Å². The Morgan fingerprint density at radius 1 is 1.09 bits per heavy atom. The molecule has 5 rings (SSSR count). The Hall–Kier alpha value is -4.13. The first-order valence-corrected chi connectivity index (χ1v) is 11.5. The number of aromatic carboxylic acids is 1. The third-order valence-corrected chi connectivity index (χ3v) is 6.46. The fraction of sp³-hybridized carbons (Fsp3) is 0.214. The van der Waals surface area contributed by atoms with E-state index in [1.165, 1.54) is 12.1 Å². The van der Waals surface area contributed by atoms with E-state index in [0.717, 1.165) is 22.3 Å². The Bertz CT molecular complexity index is 1530. The molecule has 0 radical (unpaired) electrons. The zero-order valence-corrected chi connectivity index (χ0v) is 19.5. The van der Waals surface area contributed by atoms with Crippen molar-refractivity contribution in [2.75, 3.05) is 16.8 Å². The number of rotatable bonds is 6. The average Bonchev–Trinajstić information content (AvgIpc) is 3.24. The van der Waals surface area contributed by atoms with E-state index in [9.17, 15) is 19.1 Å². The minimum atomic E-state index is -0.994. The van der Waals surface area contributed by atoms with Gasteiger partial charge in [0.15, 0.2) is 5.43 Å². The van der Waals surface area contributed by atoms with Crippen LogP contribution in [0.1, 0.15) is 38.2 Å². The molecular weight excluding hydrogens is 447 g/mol. The summed E-state index contributed by atoms with van der Waals surface area (Å²) in [6.45, 7) is 5.17. The molecule has 1 aliphatic rings. The largest absolute Gasteiger partial charge is 0.478 e. The van der Waals surface area contributed by atoms with E-state index in [1.54, 1.807) is 37.3 Å². The quantitative estimate of drug-likeness (QED) is 0.390. The molecule has 0 aliphatic carbocycles. The molecule has 0 bridgehead atoms. The van der Waals surface area contributed by atoms with Crippen molar-refractivity contribution < 1.29 is 18.7 Å². The van der Waals surface area contributed by atoms with E-state index in [2.05, 4.69) is 5.32 Å². The molecule has 3 aromatic carbocycles. The number of carbonyl (C=O) groups is 1. The van der Waals surface area contributed by atoms with Crippen molar-refractivity contribution in [2.24, 2.45) is 0 Å². The first-order chi connectivity index (χ1) is 16.8. The fourth-order valence-corrected chi connectivity index (χ4v) is 4.76. The number of fused-ring (bicyclic) bond motifs is 2. The van der Waals surface area contributed by atoms with Crippen molar-refractivity contribution in [2.45, 2.75) is 33.4 Å². The van der Waals surface area contributed by atoms with Crippen LogP contribution in [-0.4, -0.2) is 17.6 Å². The lowest BCUT2D eigenvalue weighted by atomic mass is 10.0. The van der Waals surface area contributed by atoms with Crippen LogP contribution in [0.4, 0.5) is 16.0 Å². The lowest BCUT2D eigenvalue weighted by molar-refractivity contribution is 0.0698. The Morgan fingerprint density at radius 2 is 1.86 bits per heavy atom. The number of benzene rings is 3. The monoisotopic (exact) mass is 472 g/mol. The standard InChI is InChI=1S/C28H25FN2O4/c1-16-11-18(9-10-30-24-6-4-3-5-22(24)28(33)34)26-23(12-16)25(32)17(2)27(35-26)31-14-19-7-8-21(29)13-20(19)15-31/h3-8,11-13,30H,9-10,14-15H2,1-2H3,(H,33,34). The summed E-state index contributed by atoms with van der Waals surface area (Å²) in [5.74, 6) is -0.780. The predicted molar refractivity (Wildman–Crippen MR) is 134 cm³/mol. The van der Waals surface area contributed by atoms with Gasteiger partial charge in [-0.15, -0.1) is 0 Å². The van der Waals surface area contributed by atoms with Gasteiger partial charge in [-0.25, -0.2) is 9.18 Å². The minimum Gasteiger partial charge on any atom is -0.478 e. The summed E-state index contributed by atoms with van der Waals surface area (Å²) in [5, 5.41) is 13.1. The van der Waals surface area contributed by atoms with Crippen LogP contribution in [0.3, 0.4) is 0 Å². The van der Waals surface area contributed by atoms with E-state index in [1.807, 2.05) is 24.0 Å².